The Hall–Kier alpha value is -0.960. The van der Waals surface area contributed by atoms with Gasteiger partial charge >= 0.3 is 35.5 Å². The Morgan fingerprint density at radius 1 is 1.32 bits per heavy atom. The number of carbonyl (C=O) groups excluding carboxylic acids is 2. The topological polar surface area (TPSA) is 127 Å². The van der Waals surface area contributed by atoms with Crippen LogP contribution >= 0.6 is 0 Å². The number of carboxylic acids is 1. The Morgan fingerprint density at radius 2 is 2.00 bits per heavy atom. The van der Waals surface area contributed by atoms with Crippen LogP contribution < -0.4 is 34.7 Å². The van der Waals surface area contributed by atoms with Gasteiger partial charge in [0.2, 0.25) is 0 Å². The smallest absolute Gasteiger partial charge is 0.550 e. The number of hydrogen-bond acceptors (Lipinski definition) is 7. The number of carboxylic acid groups (broad SMARTS) is 1. The maximum atomic E-state index is 12.4. The zero-order valence-electron chi connectivity index (χ0n) is 18.9. The number of carbonyl (C=O) groups is 2. The average Bonchev–Trinajstić information content (AvgIpc) is 2.65. The number of aliphatic hydroxyl groups excluding tert-OH is 3. The largest absolute Gasteiger partial charge is 1.00 e. The molecule has 0 heterocycles. The summed E-state index contributed by atoms with van der Waals surface area (Å²) in [6.45, 7) is 5.52. The van der Waals surface area contributed by atoms with E-state index in [2.05, 4.69) is 13.0 Å². The van der Waals surface area contributed by atoms with Gasteiger partial charge < -0.3 is 30.0 Å². The molecule has 8 heteroatoms. The van der Waals surface area contributed by atoms with Crippen LogP contribution in [0.2, 0.25) is 0 Å². The van der Waals surface area contributed by atoms with Crippen molar-refractivity contribution >= 4 is 11.9 Å². The molecule has 0 saturated heterocycles. The van der Waals surface area contributed by atoms with Crippen LogP contribution in [-0.4, -0.2) is 51.7 Å². The van der Waals surface area contributed by atoms with Crippen molar-refractivity contribution in [3.05, 3.63) is 35.5 Å². The molecule has 2 aliphatic rings. The van der Waals surface area contributed by atoms with Crippen molar-refractivity contribution < 1.29 is 64.3 Å². The third kappa shape index (κ3) is 8.15. The molecule has 0 saturated carbocycles. The molecule has 0 aromatic rings. The first-order valence-corrected chi connectivity index (χ1v) is 10.6. The van der Waals surface area contributed by atoms with E-state index in [9.17, 15) is 30.0 Å². The first-order chi connectivity index (χ1) is 14.1. The van der Waals surface area contributed by atoms with Gasteiger partial charge in [-0.1, -0.05) is 31.2 Å². The fraction of sp³-hybridized carbons (Fsp3) is 0.652. The molecule has 168 valence electrons. The van der Waals surface area contributed by atoms with E-state index in [1.54, 1.807) is 26.0 Å². The maximum absolute atomic E-state index is 12.4. The van der Waals surface area contributed by atoms with Gasteiger partial charge in [-0.05, 0) is 50.5 Å². The Bertz CT molecular complexity index is 715. The van der Waals surface area contributed by atoms with Crippen LogP contribution in [0.4, 0.5) is 0 Å². The van der Waals surface area contributed by atoms with Crippen molar-refractivity contribution in [1.29, 1.82) is 0 Å². The molecular weight excluding hydrogens is 410 g/mol. The van der Waals surface area contributed by atoms with E-state index in [1.807, 2.05) is 6.08 Å². The van der Waals surface area contributed by atoms with Gasteiger partial charge in [0, 0.05) is 30.3 Å². The first kappa shape index (κ1) is 28.1. The maximum Gasteiger partial charge on any atom is 1.00 e. The molecule has 3 N–H and O–H groups in total. The van der Waals surface area contributed by atoms with Crippen molar-refractivity contribution in [3.63, 3.8) is 0 Å². The molecular formula is C23H33NaO7. The van der Waals surface area contributed by atoms with Gasteiger partial charge in [0.25, 0.3) is 0 Å². The summed E-state index contributed by atoms with van der Waals surface area (Å²) in [6.07, 6.45) is 5.14. The number of allylic oxidation sites excluding steroid dienone is 3. The number of hydrogen-bond donors (Lipinski definition) is 3. The third-order valence-electron chi connectivity index (χ3n) is 6.17. The Labute approximate surface area is 206 Å². The van der Waals surface area contributed by atoms with Crippen LogP contribution in [0.25, 0.3) is 0 Å². The van der Waals surface area contributed by atoms with Crippen LogP contribution in [-0.2, 0) is 14.3 Å². The number of aliphatic carboxylic acids is 1. The molecule has 0 spiro atoms. The van der Waals surface area contributed by atoms with Crippen molar-refractivity contribution in [2.75, 3.05) is 0 Å². The molecule has 0 fully saturated rings. The fourth-order valence-electron chi connectivity index (χ4n) is 4.43. The molecule has 0 radical (unpaired) electrons. The van der Waals surface area contributed by atoms with E-state index in [1.165, 1.54) is 0 Å². The normalized spacial score (nSPS) is 29.8. The number of fused-ring (bicyclic) bond motifs is 1. The minimum Gasteiger partial charge on any atom is -0.550 e. The summed E-state index contributed by atoms with van der Waals surface area (Å²) in [4.78, 5) is 22.9. The average molecular weight is 444 g/mol. The van der Waals surface area contributed by atoms with Crippen LogP contribution in [0.5, 0.6) is 0 Å². The van der Waals surface area contributed by atoms with Gasteiger partial charge in [-0.25, -0.2) is 4.79 Å². The quantitative estimate of drug-likeness (QED) is 0.214. The SMILES string of the molecule is C/C(=C\[11CH3])C(=O)O[C@H]1C[C@H](O)C=C2C=C[C@H](C)[C@H](CC[C@@H](O)C[C@@H](O)CC(=O)[O-])[C@H]21.[Na+]. The van der Waals surface area contributed by atoms with Crippen molar-refractivity contribution in [3.8, 4) is 0 Å². The van der Waals surface area contributed by atoms with E-state index in [4.69, 9.17) is 4.74 Å². The summed E-state index contributed by atoms with van der Waals surface area (Å²) in [7, 11) is 0. The molecule has 7 nitrogen and oxygen atoms in total. The molecule has 0 bridgehead atoms. The second-order valence-corrected chi connectivity index (χ2v) is 8.49. The predicted molar refractivity (Wildman–Crippen MR) is 109 cm³/mol. The van der Waals surface area contributed by atoms with Gasteiger partial charge in [0.1, 0.15) is 6.10 Å². The minimum absolute atomic E-state index is 0. The van der Waals surface area contributed by atoms with Crippen LogP contribution in [0.1, 0.15) is 52.9 Å². The van der Waals surface area contributed by atoms with Crippen LogP contribution in [0.3, 0.4) is 0 Å². The number of ether oxygens (including phenoxy) is 1. The van der Waals surface area contributed by atoms with Gasteiger partial charge in [-0.3, -0.25) is 0 Å². The Kier molecular flexibility index (Phi) is 11.7. The second-order valence-electron chi connectivity index (χ2n) is 8.49. The zero-order valence-corrected chi connectivity index (χ0v) is 20.9. The number of esters is 1. The summed E-state index contributed by atoms with van der Waals surface area (Å²) in [6, 6.07) is 0. The summed E-state index contributed by atoms with van der Waals surface area (Å²) in [5, 5.41) is 40.8. The molecule has 7 atom stereocenters. The van der Waals surface area contributed by atoms with E-state index >= 15 is 0 Å². The standard InChI is InChI=1S/C23H34O7.Na/c1-4-13(2)23(29)30-20-11-17(25)9-15-6-5-14(3)19(22(15)20)8-7-16(24)10-18(26)12-21(27)28;/h4-6,9,14,16-20,22,24-26H,7-8,10-12H2,1-3H3,(H,27,28);/q;+1/p-1/b13-4+;/t14-,16+,17+,18+,19-,20-,22-;/m0./s1/i1-1;. The number of rotatable bonds is 9. The molecule has 2 rings (SSSR count). The molecule has 31 heavy (non-hydrogen) atoms. The molecule has 0 aromatic heterocycles. The summed E-state index contributed by atoms with van der Waals surface area (Å²) in [5.41, 5.74) is 1.44. The summed E-state index contributed by atoms with van der Waals surface area (Å²) >= 11 is 0. The molecule has 0 amide bonds. The molecule has 0 aliphatic heterocycles. The number of aliphatic hydroxyl groups is 3. The van der Waals surface area contributed by atoms with E-state index in [-0.39, 0.29) is 53.7 Å². The molecule has 0 aromatic carbocycles. The van der Waals surface area contributed by atoms with Crippen LogP contribution in [0.15, 0.2) is 35.5 Å². The monoisotopic (exact) mass is 443 g/mol. The summed E-state index contributed by atoms with van der Waals surface area (Å²) in [5.74, 6) is -1.60. The third-order valence-corrected chi connectivity index (χ3v) is 6.17. The minimum atomic E-state index is -1.35. The van der Waals surface area contributed by atoms with E-state index < -0.39 is 42.8 Å². The van der Waals surface area contributed by atoms with Gasteiger partial charge in [0.05, 0.1) is 18.3 Å². The Balaban J connectivity index is 0.00000480. The van der Waals surface area contributed by atoms with Gasteiger partial charge in [-0.15, -0.1) is 0 Å². The van der Waals surface area contributed by atoms with Crippen LogP contribution in [0, 0.1) is 17.8 Å². The van der Waals surface area contributed by atoms with Gasteiger partial charge in [0.15, 0.2) is 0 Å². The predicted octanol–water partition coefficient (Wildman–Crippen LogP) is -1.97. The first-order valence-electron chi connectivity index (χ1n) is 10.6. The Morgan fingerprint density at radius 3 is 2.61 bits per heavy atom. The van der Waals surface area contributed by atoms with Crippen molar-refractivity contribution in [1.82, 2.24) is 0 Å². The second kappa shape index (κ2) is 12.9. The van der Waals surface area contributed by atoms with Crippen molar-refractivity contribution in [2.45, 2.75) is 77.3 Å². The molecule has 2 aliphatic carbocycles. The van der Waals surface area contributed by atoms with E-state index in [0.717, 1.165) is 5.57 Å². The van der Waals surface area contributed by atoms with Crippen molar-refractivity contribution in [2.24, 2.45) is 17.8 Å². The summed E-state index contributed by atoms with van der Waals surface area (Å²) < 4.78 is 5.76. The zero-order chi connectivity index (χ0) is 22.4. The van der Waals surface area contributed by atoms with Gasteiger partial charge in [-0.2, -0.15) is 0 Å². The van der Waals surface area contributed by atoms with E-state index in [0.29, 0.717) is 24.8 Å². The fourth-order valence-corrected chi connectivity index (χ4v) is 4.43. The molecule has 0 unspecified atom stereocenters.